The molecule has 0 aliphatic carbocycles. The van der Waals surface area contributed by atoms with Crippen molar-refractivity contribution in [2.75, 3.05) is 40.5 Å². The molecule has 1 aromatic carbocycles. The molecule has 3 N–H and O–H groups in total. The summed E-state index contributed by atoms with van der Waals surface area (Å²) in [6, 6.07) is 7.67. The predicted molar refractivity (Wildman–Crippen MR) is 99.3 cm³/mol. The fraction of sp³-hybridized carbons (Fsp3) is 0.526. The Morgan fingerprint density at radius 1 is 1.38 bits per heavy atom. The molecule has 0 saturated carbocycles. The quantitative estimate of drug-likeness (QED) is 0.735. The number of aromatic amines is 1. The van der Waals surface area contributed by atoms with Gasteiger partial charge in [0.15, 0.2) is 0 Å². The largest absolute Gasteiger partial charge is 0.497 e. The Morgan fingerprint density at radius 2 is 2.15 bits per heavy atom. The number of carbonyl (C=O) groups is 1. The number of H-pyrrole nitrogens is 1. The van der Waals surface area contributed by atoms with Crippen molar-refractivity contribution in [3.8, 4) is 5.75 Å². The SMILES string of the molecule is COc1ccc2[nH]c(CNC(=O)N(C)CC3(CO)CCOCC3)cc2c1. The second kappa shape index (κ2) is 7.97. The summed E-state index contributed by atoms with van der Waals surface area (Å²) in [7, 11) is 3.40. The first-order chi connectivity index (χ1) is 12.5. The van der Waals surface area contributed by atoms with Crippen molar-refractivity contribution in [2.45, 2.75) is 19.4 Å². The molecular formula is C19H27N3O4. The number of hydrogen-bond acceptors (Lipinski definition) is 4. The molecule has 142 valence electrons. The molecule has 2 heterocycles. The molecule has 1 aromatic heterocycles. The molecule has 0 bridgehead atoms. The lowest BCUT2D eigenvalue weighted by Gasteiger charge is -2.38. The number of carbonyl (C=O) groups excluding carboxylic acids is 1. The number of aliphatic hydroxyl groups is 1. The Bertz CT molecular complexity index is 752. The molecule has 2 aromatic rings. The third kappa shape index (κ3) is 4.11. The number of aliphatic hydroxyl groups excluding tert-OH is 1. The first-order valence-electron chi connectivity index (χ1n) is 8.88. The van der Waals surface area contributed by atoms with E-state index in [1.165, 1.54) is 0 Å². The third-order valence-corrected chi connectivity index (χ3v) is 5.12. The minimum atomic E-state index is -0.262. The molecule has 1 aliphatic heterocycles. The monoisotopic (exact) mass is 361 g/mol. The smallest absolute Gasteiger partial charge is 0.317 e. The summed E-state index contributed by atoms with van der Waals surface area (Å²) < 4.78 is 10.6. The number of ether oxygens (including phenoxy) is 2. The van der Waals surface area contributed by atoms with Crippen LogP contribution in [0.5, 0.6) is 5.75 Å². The molecule has 1 aliphatic rings. The molecule has 0 unspecified atom stereocenters. The minimum absolute atomic E-state index is 0.0673. The van der Waals surface area contributed by atoms with E-state index in [-0.39, 0.29) is 18.1 Å². The van der Waals surface area contributed by atoms with Gasteiger partial charge in [-0.1, -0.05) is 0 Å². The summed E-state index contributed by atoms with van der Waals surface area (Å²) in [5.41, 5.74) is 1.67. The number of aromatic nitrogens is 1. The topological polar surface area (TPSA) is 86.8 Å². The molecular weight excluding hydrogens is 334 g/mol. The van der Waals surface area contributed by atoms with E-state index in [1.807, 2.05) is 24.3 Å². The van der Waals surface area contributed by atoms with E-state index in [4.69, 9.17) is 9.47 Å². The minimum Gasteiger partial charge on any atom is -0.497 e. The van der Waals surface area contributed by atoms with Gasteiger partial charge in [0.1, 0.15) is 5.75 Å². The van der Waals surface area contributed by atoms with Crippen LogP contribution in [-0.2, 0) is 11.3 Å². The van der Waals surface area contributed by atoms with E-state index < -0.39 is 0 Å². The van der Waals surface area contributed by atoms with Gasteiger partial charge < -0.3 is 29.8 Å². The molecule has 7 heteroatoms. The number of urea groups is 1. The standard InChI is InChI=1S/C19H27N3O4/c1-22(12-19(13-23)5-7-26-8-6-19)18(24)20-11-15-9-14-10-16(25-2)3-4-17(14)21-15/h3-4,9-10,21,23H,5-8,11-13H2,1-2H3,(H,20,24). The van der Waals surface area contributed by atoms with E-state index in [9.17, 15) is 9.90 Å². The van der Waals surface area contributed by atoms with Crippen molar-refractivity contribution < 1.29 is 19.4 Å². The lowest BCUT2D eigenvalue weighted by atomic mass is 9.80. The van der Waals surface area contributed by atoms with E-state index in [0.29, 0.717) is 26.3 Å². The Labute approximate surface area is 153 Å². The Hall–Kier alpha value is -2.25. The van der Waals surface area contributed by atoms with E-state index in [0.717, 1.165) is 35.2 Å². The number of hydrogen-bond donors (Lipinski definition) is 3. The van der Waals surface area contributed by atoms with Crippen LogP contribution in [0.2, 0.25) is 0 Å². The maximum Gasteiger partial charge on any atom is 0.317 e. The van der Waals surface area contributed by atoms with Gasteiger partial charge in [-0.25, -0.2) is 4.79 Å². The molecule has 3 rings (SSSR count). The number of methoxy groups -OCH3 is 1. The van der Waals surface area contributed by atoms with Gasteiger partial charge in [0.25, 0.3) is 0 Å². The summed E-state index contributed by atoms with van der Waals surface area (Å²) in [5.74, 6) is 0.803. The number of amides is 2. The number of nitrogens with one attached hydrogen (secondary N) is 2. The van der Waals surface area contributed by atoms with E-state index >= 15 is 0 Å². The molecule has 0 radical (unpaired) electrons. The maximum atomic E-state index is 12.4. The van der Waals surface area contributed by atoms with Crippen LogP contribution in [0.1, 0.15) is 18.5 Å². The summed E-state index contributed by atoms with van der Waals surface area (Å²) in [6.07, 6.45) is 1.54. The van der Waals surface area contributed by atoms with Crippen molar-refractivity contribution in [1.29, 1.82) is 0 Å². The molecule has 0 atom stereocenters. The molecule has 26 heavy (non-hydrogen) atoms. The van der Waals surface area contributed by atoms with Gasteiger partial charge in [-0.3, -0.25) is 0 Å². The number of fused-ring (bicyclic) bond motifs is 1. The zero-order chi connectivity index (χ0) is 18.6. The number of benzene rings is 1. The number of nitrogens with zero attached hydrogens (tertiary/aromatic N) is 1. The molecule has 1 saturated heterocycles. The lowest BCUT2D eigenvalue weighted by Crippen LogP contribution is -2.47. The van der Waals surface area contributed by atoms with Crippen molar-refractivity contribution in [3.63, 3.8) is 0 Å². The second-order valence-electron chi connectivity index (χ2n) is 7.03. The first-order valence-corrected chi connectivity index (χ1v) is 8.88. The fourth-order valence-corrected chi connectivity index (χ4v) is 3.44. The highest BCUT2D eigenvalue weighted by atomic mass is 16.5. The van der Waals surface area contributed by atoms with Crippen LogP contribution in [0.25, 0.3) is 10.9 Å². The van der Waals surface area contributed by atoms with Crippen LogP contribution >= 0.6 is 0 Å². The van der Waals surface area contributed by atoms with Crippen LogP contribution in [0.4, 0.5) is 4.79 Å². The summed E-state index contributed by atoms with van der Waals surface area (Å²) >= 11 is 0. The van der Waals surface area contributed by atoms with Crippen LogP contribution < -0.4 is 10.1 Å². The summed E-state index contributed by atoms with van der Waals surface area (Å²) in [6.45, 7) is 2.26. The van der Waals surface area contributed by atoms with Crippen LogP contribution in [0.3, 0.4) is 0 Å². The zero-order valence-electron chi connectivity index (χ0n) is 15.4. The molecule has 7 nitrogen and oxygen atoms in total. The van der Waals surface area contributed by atoms with Gasteiger partial charge in [-0.15, -0.1) is 0 Å². The zero-order valence-corrected chi connectivity index (χ0v) is 15.4. The van der Waals surface area contributed by atoms with E-state index in [1.54, 1.807) is 19.1 Å². The van der Waals surface area contributed by atoms with Gasteiger partial charge in [0, 0.05) is 48.8 Å². The summed E-state index contributed by atoms with van der Waals surface area (Å²) in [5, 5.41) is 13.7. The van der Waals surface area contributed by atoms with Crippen molar-refractivity contribution in [3.05, 3.63) is 30.0 Å². The van der Waals surface area contributed by atoms with Crippen LogP contribution in [-0.4, -0.2) is 61.5 Å². The highest BCUT2D eigenvalue weighted by Crippen LogP contribution is 2.30. The predicted octanol–water partition coefficient (Wildman–Crippen LogP) is 2.11. The van der Waals surface area contributed by atoms with Crippen molar-refractivity contribution in [2.24, 2.45) is 5.41 Å². The Kier molecular flexibility index (Phi) is 5.68. The van der Waals surface area contributed by atoms with Crippen molar-refractivity contribution in [1.82, 2.24) is 15.2 Å². The van der Waals surface area contributed by atoms with Crippen LogP contribution in [0, 0.1) is 5.41 Å². The molecule has 1 fully saturated rings. The summed E-state index contributed by atoms with van der Waals surface area (Å²) in [4.78, 5) is 17.4. The fourth-order valence-electron chi connectivity index (χ4n) is 3.44. The van der Waals surface area contributed by atoms with Gasteiger partial charge in [-0.05, 0) is 37.1 Å². The third-order valence-electron chi connectivity index (χ3n) is 5.12. The average Bonchev–Trinajstić information content (AvgIpc) is 3.08. The maximum absolute atomic E-state index is 12.4. The van der Waals surface area contributed by atoms with Crippen LogP contribution in [0.15, 0.2) is 24.3 Å². The Morgan fingerprint density at radius 3 is 2.85 bits per heavy atom. The highest BCUT2D eigenvalue weighted by molar-refractivity contribution is 5.82. The van der Waals surface area contributed by atoms with Crippen molar-refractivity contribution >= 4 is 16.9 Å². The second-order valence-corrected chi connectivity index (χ2v) is 7.03. The van der Waals surface area contributed by atoms with E-state index in [2.05, 4.69) is 10.3 Å². The van der Waals surface area contributed by atoms with Gasteiger partial charge in [0.05, 0.1) is 20.3 Å². The molecule has 2 amide bonds. The van der Waals surface area contributed by atoms with Gasteiger partial charge >= 0.3 is 6.03 Å². The lowest BCUT2D eigenvalue weighted by molar-refractivity contribution is -0.0261. The number of rotatable bonds is 6. The highest BCUT2D eigenvalue weighted by Gasteiger charge is 2.34. The van der Waals surface area contributed by atoms with Gasteiger partial charge in [-0.2, -0.15) is 0 Å². The Balaban J connectivity index is 1.57. The average molecular weight is 361 g/mol. The molecule has 0 spiro atoms. The normalized spacial score (nSPS) is 16.4. The first kappa shape index (κ1) is 18.5. The van der Waals surface area contributed by atoms with Gasteiger partial charge in [0.2, 0.25) is 0 Å².